The summed E-state index contributed by atoms with van der Waals surface area (Å²) in [6.45, 7) is 3.48. The summed E-state index contributed by atoms with van der Waals surface area (Å²) in [7, 11) is 0. The summed E-state index contributed by atoms with van der Waals surface area (Å²) in [5, 5.41) is 17.2. The molecule has 0 aromatic rings. The second kappa shape index (κ2) is 5.92. The Morgan fingerprint density at radius 2 is 2.38 bits per heavy atom. The van der Waals surface area contributed by atoms with E-state index < -0.39 is 0 Å². The second-order valence-corrected chi connectivity index (χ2v) is 3.22. The lowest BCUT2D eigenvalue weighted by Gasteiger charge is -2.29. The first-order chi connectivity index (χ1) is 6.36. The maximum absolute atomic E-state index is 8.64. The molecule has 0 spiro atoms. The number of hydrogen-bond acceptors (Lipinski definition) is 4. The number of morpholine rings is 1. The molecule has 0 saturated carbocycles. The highest BCUT2D eigenvalue weighted by atomic mass is 16.5. The molecular formula is C9H16N2O2. The lowest BCUT2D eigenvalue weighted by Crippen LogP contribution is -2.42. The van der Waals surface area contributed by atoms with E-state index in [1.165, 1.54) is 0 Å². The first-order valence-electron chi connectivity index (χ1n) is 4.71. The molecular weight excluding hydrogens is 168 g/mol. The fourth-order valence-corrected chi connectivity index (χ4v) is 1.43. The predicted molar refractivity (Wildman–Crippen MR) is 48.1 cm³/mol. The van der Waals surface area contributed by atoms with Crippen LogP contribution in [0.2, 0.25) is 0 Å². The van der Waals surface area contributed by atoms with E-state index in [4.69, 9.17) is 15.1 Å². The van der Waals surface area contributed by atoms with Gasteiger partial charge in [-0.25, -0.2) is 0 Å². The van der Waals surface area contributed by atoms with Gasteiger partial charge in [-0.3, -0.25) is 4.90 Å². The van der Waals surface area contributed by atoms with E-state index >= 15 is 0 Å². The maximum atomic E-state index is 8.64. The summed E-state index contributed by atoms with van der Waals surface area (Å²) in [4.78, 5) is 2.22. The van der Waals surface area contributed by atoms with Gasteiger partial charge < -0.3 is 9.84 Å². The van der Waals surface area contributed by atoms with Crippen LogP contribution in [0.25, 0.3) is 0 Å². The van der Waals surface area contributed by atoms with Crippen molar-refractivity contribution in [3.8, 4) is 6.07 Å². The van der Waals surface area contributed by atoms with Crippen molar-refractivity contribution in [1.82, 2.24) is 4.90 Å². The monoisotopic (exact) mass is 184 g/mol. The topological polar surface area (TPSA) is 56.5 Å². The second-order valence-electron chi connectivity index (χ2n) is 3.22. The van der Waals surface area contributed by atoms with Crippen molar-refractivity contribution >= 4 is 0 Å². The van der Waals surface area contributed by atoms with Crippen molar-refractivity contribution in [1.29, 1.82) is 5.26 Å². The zero-order chi connectivity index (χ0) is 9.52. The highest BCUT2D eigenvalue weighted by molar-refractivity contribution is 4.88. The molecule has 4 nitrogen and oxygen atoms in total. The van der Waals surface area contributed by atoms with Crippen LogP contribution in [0, 0.1) is 11.3 Å². The van der Waals surface area contributed by atoms with Gasteiger partial charge >= 0.3 is 0 Å². The molecule has 74 valence electrons. The van der Waals surface area contributed by atoms with Crippen molar-refractivity contribution in [2.45, 2.75) is 18.9 Å². The molecule has 1 atom stereocenters. The highest BCUT2D eigenvalue weighted by Crippen LogP contribution is 2.05. The minimum Gasteiger partial charge on any atom is -0.396 e. The molecule has 0 radical (unpaired) electrons. The molecule has 0 amide bonds. The number of rotatable bonds is 4. The molecule has 1 unspecified atom stereocenters. The van der Waals surface area contributed by atoms with Gasteiger partial charge in [-0.05, 0) is 19.4 Å². The van der Waals surface area contributed by atoms with E-state index in [-0.39, 0.29) is 12.7 Å². The summed E-state index contributed by atoms with van der Waals surface area (Å²) < 4.78 is 5.21. The van der Waals surface area contributed by atoms with Crippen LogP contribution in [0.3, 0.4) is 0 Å². The quantitative estimate of drug-likeness (QED) is 0.624. The average molecular weight is 184 g/mol. The van der Waals surface area contributed by atoms with Crippen LogP contribution in [0.15, 0.2) is 0 Å². The van der Waals surface area contributed by atoms with Crippen LogP contribution in [0.4, 0.5) is 0 Å². The van der Waals surface area contributed by atoms with Crippen LogP contribution in [0.5, 0.6) is 0 Å². The van der Waals surface area contributed by atoms with E-state index in [0.29, 0.717) is 13.2 Å². The molecule has 0 aromatic heterocycles. The Kier molecular flexibility index (Phi) is 4.76. The standard InChI is InChI=1S/C9H16N2O2/c10-7-9-8-11(4-6-13-9)3-1-2-5-12/h9,12H,1-6,8H2. The van der Waals surface area contributed by atoms with Gasteiger partial charge in [-0.15, -0.1) is 0 Å². The Bertz CT molecular complexity index is 179. The van der Waals surface area contributed by atoms with Gasteiger partial charge in [0.05, 0.1) is 12.7 Å². The Morgan fingerprint density at radius 3 is 3.08 bits per heavy atom. The van der Waals surface area contributed by atoms with E-state index in [2.05, 4.69) is 11.0 Å². The number of aliphatic hydroxyl groups excluding tert-OH is 1. The van der Waals surface area contributed by atoms with E-state index in [9.17, 15) is 0 Å². The van der Waals surface area contributed by atoms with Crippen LogP contribution in [-0.4, -0.2) is 49.0 Å². The zero-order valence-corrected chi connectivity index (χ0v) is 7.78. The molecule has 4 heteroatoms. The highest BCUT2D eigenvalue weighted by Gasteiger charge is 2.18. The van der Waals surface area contributed by atoms with Crippen molar-refractivity contribution in [2.75, 3.05) is 32.8 Å². The largest absolute Gasteiger partial charge is 0.396 e. The molecule has 1 aliphatic heterocycles. The molecule has 1 N–H and O–H groups in total. The molecule has 1 saturated heterocycles. The molecule has 0 aromatic carbocycles. The van der Waals surface area contributed by atoms with Crippen LogP contribution >= 0.6 is 0 Å². The van der Waals surface area contributed by atoms with E-state index in [1.807, 2.05) is 0 Å². The van der Waals surface area contributed by atoms with Crippen molar-refractivity contribution < 1.29 is 9.84 Å². The molecule has 0 bridgehead atoms. The van der Waals surface area contributed by atoms with E-state index in [0.717, 1.165) is 25.9 Å². The van der Waals surface area contributed by atoms with Crippen molar-refractivity contribution in [2.24, 2.45) is 0 Å². The van der Waals surface area contributed by atoms with Crippen molar-refractivity contribution in [3.05, 3.63) is 0 Å². The Labute approximate surface area is 78.7 Å². The lowest BCUT2D eigenvalue weighted by atomic mass is 10.2. The summed E-state index contributed by atoms with van der Waals surface area (Å²) in [5.74, 6) is 0. The smallest absolute Gasteiger partial charge is 0.156 e. The fraction of sp³-hybridized carbons (Fsp3) is 0.889. The molecule has 1 aliphatic rings. The Balaban J connectivity index is 2.15. The third kappa shape index (κ3) is 3.73. The molecule has 1 rings (SSSR count). The number of nitriles is 1. The van der Waals surface area contributed by atoms with Gasteiger partial charge in [0.2, 0.25) is 0 Å². The first kappa shape index (κ1) is 10.5. The van der Waals surface area contributed by atoms with Gasteiger partial charge in [-0.2, -0.15) is 5.26 Å². The molecule has 13 heavy (non-hydrogen) atoms. The number of hydrogen-bond donors (Lipinski definition) is 1. The number of ether oxygens (including phenoxy) is 1. The third-order valence-electron chi connectivity index (χ3n) is 2.18. The van der Waals surface area contributed by atoms with Gasteiger partial charge in [0.1, 0.15) is 0 Å². The zero-order valence-electron chi connectivity index (χ0n) is 7.78. The maximum Gasteiger partial charge on any atom is 0.156 e. The van der Waals surface area contributed by atoms with Crippen LogP contribution in [-0.2, 0) is 4.74 Å². The summed E-state index contributed by atoms with van der Waals surface area (Å²) in [6, 6.07) is 2.11. The van der Waals surface area contributed by atoms with Gasteiger partial charge in [0, 0.05) is 19.7 Å². The minimum absolute atomic E-state index is 0.256. The summed E-state index contributed by atoms with van der Waals surface area (Å²) >= 11 is 0. The fourth-order valence-electron chi connectivity index (χ4n) is 1.43. The first-order valence-corrected chi connectivity index (χ1v) is 4.71. The van der Waals surface area contributed by atoms with Gasteiger partial charge in [0.15, 0.2) is 6.10 Å². The third-order valence-corrected chi connectivity index (χ3v) is 2.18. The Morgan fingerprint density at radius 1 is 1.54 bits per heavy atom. The van der Waals surface area contributed by atoms with Crippen LogP contribution < -0.4 is 0 Å². The lowest BCUT2D eigenvalue weighted by molar-refractivity contribution is -0.000245. The Hall–Kier alpha value is -0.630. The molecule has 1 heterocycles. The average Bonchev–Trinajstić information content (AvgIpc) is 2.19. The predicted octanol–water partition coefficient (Wildman–Crippen LogP) is -0.0167. The van der Waals surface area contributed by atoms with Gasteiger partial charge in [0.25, 0.3) is 0 Å². The minimum atomic E-state index is -0.261. The summed E-state index contributed by atoms with van der Waals surface area (Å²) in [6.07, 6.45) is 1.58. The normalized spacial score (nSPS) is 24.2. The van der Waals surface area contributed by atoms with E-state index in [1.54, 1.807) is 0 Å². The molecule has 0 aliphatic carbocycles. The van der Waals surface area contributed by atoms with Crippen LogP contribution in [0.1, 0.15) is 12.8 Å². The molecule has 1 fully saturated rings. The van der Waals surface area contributed by atoms with Crippen molar-refractivity contribution in [3.63, 3.8) is 0 Å². The number of aliphatic hydroxyl groups is 1. The summed E-state index contributed by atoms with van der Waals surface area (Å²) in [5.41, 5.74) is 0. The number of unbranched alkanes of at least 4 members (excludes halogenated alkanes) is 1. The van der Waals surface area contributed by atoms with Gasteiger partial charge in [-0.1, -0.05) is 0 Å². The number of nitrogens with zero attached hydrogens (tertiary/aromatic N) is 2. The SMILES string of the molecule is N#CC1CN(CCCCO)CCO1.